The second kappa shape index (κ2) is 12.8. The molecule has 1 amide bonds. The highest BCUT2D eigenvalue weighted by atomic mass is 35.5. The van der Waals surface area contributed by atoms with Crippen LogP contribution in [0.2, 0.25) is 5.02 Å². The summed E-state index contributed by atoms with van der Waals surface area (Å²) in [4.78, 5) is 32.0. The van der Waals surface area contributed by atoms with E-state index in [0.29, 0.717) is 50.1 Å². The van der Waals surface area contributed by atoms with E-state index in [1.54, 1.807) is 18.0 Å². The van der Waals surface area contributed by atoms with E-state index in [9.17, 15) is 18.8 Å². The minimum absolute atomic E-state index is 0.00689. The Kier molecular flexibility index (Phi) is 8.39. The van der Waals surface area contributed by atoms with Crippen molar-refractivity contribution in [3.8, 4) is 23.2 Å². The number of fused-ring (bicyclic) bond motifs is 3. The molecule has 0 aliphatic carbocycles. The van der Waals surface area contributed by atoms with Crippen LogP contribution >= 0.6 is 22.9 Å². The number of nitriles is 1. The van der Waals surface area contributed by atoms with Gasteiger partial charge < -0.3 is 20.3 Å². The van der Waals surface area contributed by atoms with Gasteiger partial charge in [-0.15, -0.1) is 11.3 Å². The summed E-state index contributed by atoms with van der Waals surface area (Å²) >= 11 is 7.78. The third-order valence-electron chi connectivity index (χ3n) is 10.4. The molecular formula is C34H32ClF3N10O2S. The molecule has 2 aromatic carbocycles. The van der Waals surface area contributed by atoms with Gasteiger partial charge in [-0.05, 0) is 49.9 Å². The molecule has 264 valence electrons. The molecule has 0 radical (unpaired) electrons. The highest BCUT2D eigenvalue weighted by molar-refractivity contribution is 7.23. The number of ether oxygens (including phenoxy) is 1. The first-order valence-corrected chi connectivity index (χ1v) is 17.8. The van der Waals surface area contributed by atoms with Gasteiger partial charge in [-0.25, -0.2) is 22.9 Å². The van der Waals surface area contributed by atoms with Gasteiger partial charge in [-0.1, -0.05) is 17.7 Å². The molecule has 17 heteroatoms. The molecule has 3 saturated heterocycles. The third-order valence-corrected chi connectivity index (χ3v) is 11.8. The van der Waals surface area contributed by atoms with E-state index >= 15 is 4.39 Å². The fourth-order valence-electron chi connectivity index (χ4n) is 7.96. The molecule has 3 atom stereocenters. The SMILES string of the molecule is CN(C(=O)n1cncn1)C1CCCN(c2nc(OC[C@@]34CCCN3C[C@H](F)C4)nc3c(F)c(-c4ccc(F)c5sc(N)c(C#N)c45)c(Cl)cc23)C1. The Bertz CT molecular complexity index is 2230. The Balaban J connectivity index is 1.24. The van der Waals surface area contributed by atoms with Crippen LogP contribution in [0, 0.1) is 23.0 Å². The summed E-state index contributed by atoms with van der Waals surface area (Å²) in [5, 5.41) is 14.4. The third kappa shape index (κ3) is 5.58. The molecule has 0 spiro atoms. The maximum absolute atomic E-state index is 17.1. The number of hydrogen-bond acceptors (Lipinski definition) is 11. The van der Waals surface area contributed by atoms with Crippen molar-refractivity contribution in [3.05, 3.63) is 53.1 Å². The lowest BCUT2D eigenvalue weighted by Crippen LogP contribution is -2.50. The van der Waals surface area contributed by atoms with Gasteiger partial charge in [0.15, 0.2) is 5.82 Å². The monoisotopic (exact) mass is 736 g/mol. The van der Waals surface area contributed by atoms with Crippen molar-refractivity contribution in [1.29, 1.82) is 5.26 Å². The fraction of sp³-hybridized carbons (Fsp3) is 0.412. The highest BCUT2D eigenvalue weighted by Crippen LogP contribution is 2.46. The Morgan fingerprint density at radius 3 is 2.88 bits per heavy atom. The van der Waals surface area contributed by atoms with Crippen LogP contribution in [0.1, 0.15) is 37.7 Å². The van der Waals surface area contributed by atoms with Crippen LogP contribution in [0.4, 0.5) is 28.8 Å². The predicted octanol–water partition coefficient (Wildman–Crippen LogP) is 6.01. The second-order valence-electron chi connectivity index (χ2n) is 13.4. The lowest BCUT2D eigenvalue weighted by molar-refractivity contribution is 0.107. The van der Waals surface area contributed by atoms with Gasteiger partial charge in [0.25, 0.3) is 0 Å². The number of amides is 1. The number of nitrogens with two attached hydrogens (primary N) is 1. The zero-order valence-corrected chi connectivity index (χ0v) is 29.0. The zero-order valence-electron chi connectivity index (χ0n) is 27.5. The van der Waals surface area contributed by atoms with E-state index in [1.165, 1.54) is 24.8 Å². The molecule has 3 aliphatic rings. The molecule has 2 N–H and O–H groups in total. The number of thiophene rings is 1. The van der Waals surface area contributed by atoms with E-state index < -0.39 is 23.3 Å². The standard InChI is InChI=1S/C34H32ClF3N10O2S/c1-45(33(49)48-17-41-16-42-48)19-4-2-8-46(14-19)31-21-10-23(35)26(20-5-6-24(37)29-25(20)22(12-39)30(40)51-29)27(38)28(21)43-32(44-31)50-15-34-7-3-9-47(34)13-18(36)11-34/h5-6,10,16-19H,2-4,7-9,11,13-15,40H2,1H3/t18-,19?,34+/m1/s1. The molecular weight excluding hydrogens is 705 g/mol. The van der Waals surface area contributed by atoms with Gasteiger partial charge in [0.05, 0.1) is 26.9 Å². The van der Waals surface area contributed by atoms with Crippen molar-refractivity contribution in [2.45, 2.75) is 49.9 Å². The van der Waals surface area contributed by atoms with Gasteiger partial charge in [0, 0.05) is 49.4 Å². The molecule has 6 heterocycles. The van der Waals surface area contributed by atoms with E-state index in [2.05, 4.69) is 20.0 Å². The second-order valence-corrected chi connectivity index (χ2v) is 14.8. The molecule has 8 rings (SSSR count). The Hall–Kier alpha value is -4.72. The lowest BCUT2D eigenvalue weighted by atomic mass is 9.95. The number of nitrogens with zero attached hydrogens (tertiary/aromatic N) is 9. The van der Waals surface area contributed by atoms with E-state index in [4.69, 9.17) is 27.1 Å². The summed E-state index contributed by atoms with van der Waals surface area (Å²) in [6.45, 7) is 2.11. The van der Waals surface area contributed by atoms with Crippen molar-refractivity contribution >= 4 is 60.8 Å². The number of benzene rings is 2. The van der Waals surface area contributed by atoms with Crippen LogP contribution in [-0.4, -0.2) is 98.1 Å². The van der Waals surface area contributed by atoms with Crippen molar-refractivity contribution in [2.24, 2.45) is 0 Å². The first kappa shape index (κ1) is 33.4. The van der Waals surface area contributed by atoms with E-state index in [1.807, 2.05) is 11.0 Å². The minimum atomic E-state index is -0.969. The van der Waals surface area contributed by atoms with Crippen molar-refractivity contribution < 1.29 is 22.7 Å². The van der Waals surface area contributed by atoms with Crippen molar-refractivity contribution in [3.63, 3.8) is 0 Å². The number of anilines is 2. The average Bonchev–Trinajstić information content (AvgIpc) is 3.92. The molecule has 3 fully saturated rings. The maximum Gasteiger partial charge on any atom is 0.346 e. The molecule has 3 aromatic heterocycles. The molecule has 12 nitrogen and oxygen atoms in total. The number of aromatic nitrogens is 5. The number of likely N-dealkylation sites (N-methyl/N-ethyl adjacent to an activating group) is 1. The van der Waals surface area contributed by atoms with Crippen LogP contribution in [-0.2, 0) is 0 Å². The predicted molar refractivity (Wildman–Crippen MR) is 187 cm³/mol. The molecule has 3 aliphatic heterocycles. The van der Waals surface area contributed by atoms with E-state index in [0.717, 1.165) is 35.4 Å². The maximum atomic E-state index is 17.1. The van der Waals surface area contributed by atoms with Crippen LogP contribution in [0.3, 0.4) is 0 Å². The summed E-state index contributed by atoms with van der Waals surface area (Å²) in [6, 6.07) is 5.44. The Labute approximate surface area is 299 Å². The number of carbonyl (C=O) groups excluding carboxylic acids is 1. The summed E-state index contributed by atoms with van der Waals surface area (Å²) in [7, 11) is 1.69. The number of alkyl halides is 1. The Morgan fingerprint density at radius 1 is 1.25 bits per heavy atom. The first-order chi connectivity index (χ1) is 24.6. The van der Waals surface area contributed by atoms with E-state index in [-0.39, 0.29) is 67.0 Å². The summed E-state index contributed by atoms with van der Waals surface area (Å²) in [6.07, 6.45) is 5.04. The average molecular weight is 737 g/mol. The quantitative estimate of drug-likeness (QED) is 0.220. The largest absolute Gasteiger partial charge is 0.461 e. The summed E-state index contributed by atoms with van der Waals surface area (Å²) < 4.78 is 54.1. The van der Waals surface area contributed by atoms with Gasteiger partial charge in [-0.2, -0.15) is 25.0 Å². The fourth-order valence-corrected chi connectivity index (χ4v) is 9.20. The number of piperidine rings is 1. The molecule has 1 unspecified atom stereocenters. The molecule has 5 aromatic rings. The number of carbonyl (C=O) groups is 1. The number of hydrogen-bond donors (Lipinski definition) is 1. The smallest absolute Gasteiger partial charge is 0.346 e. The normalized spacial score (nSPS) is 22.1. The van der Waals surface area contributed by atoms with Crippen LogP contribution in [0.15, 0.2) is 30.9 Å². The van der Waals surface area contributed by atoms with Crippen LogP contribution in [0.25, 0.3) is 32.1 Å². The van der Waals surface area contributed by atoms with Crippen molar-refractivity contribution in [2.75, 3.05) is 50.5 Å². The first-order valence-electron chi connectivity index (χ1n) is 16.6. The molecule has 51 heavy (non-hydrogen) atoms. The topological polar surface area (TPSA) is 142 Å². The Morgan fingerprint density at radius 2 is 2.10 bits per heavy atom. The van der Waals surface area contributed by atoms with Gasteiger partial charge in [-0.3, -0.25) is 4.90 Å². The number of rotatable bonds is 6. The van der Waals surface area contributed by atoms with Crippen LogP contribution < -0.4 is 15.4 Å². The van der Waals surface area contributed by atoms with Gasteiger partial charge in [0.2, 0.25) is 0 Å². The van der Waals surface area contributed by atoms with Crippen molar-refractivity contribution in [1.82, 2.24) is 34.5 Å². The molecule has 0 bridgehead atoms. The minimum Gasteiger partial charge on any atom is -0.461 e. The van der Waals surface area contributed by atoms with Crippen LogP contribution in [0.5, 0.6) is 6.01 Å². The van der Waals surface area contributed by atoms with Gasteiger partial charge >= 0.3 is 12.0 Å². The summed E-state index contributed by atoms with van der Waals surface area (Å²) in [5.41, 5.74) is 5.61. The zero-order chi connectivity index (χ0) is 35.6. The highest BCUT2D eigenvalue weighted by Gasteiger charge is 2.49. The molecule has 0 saturated carbocycles. The number of nitrogen functional groups attached to an aromatic ring is 1. The lowest BCUT2D eigenvalue weighted by Gasteiger charge is -2.38. The number of halogens is 4. The van der Waals surface area contributed by atoms with Gasteiger partial charge in [0.1, 0.15) is 53.7 Å². The summed E-state index contributed by atoms with van der Waals surface area (Å²) in [5.74, 6) is -1.06.